The molecule has 0 bridgehead atoms. The molecule has 5 heteroatoms. The number of hydrogen-bond acceptors (Lipinski definition) is 4. The summed E-state index contributed by atoms with van der Waals surface area (Å²) in [5, 5.41) is 2.64. The van der Waals surface area contributed by atoms with Crippen LogP contribution in [0.25, 0.3) is 0 Å². The van der Waals surface area contributed by atoms with Crippen LogP contribution in [-0.4, -0.2) is 16.9 Å². The highest BCUT2D eigenvalue weighted by Crippen LogP contribution is 2.03. The predicted octanol–water partition coefficient (Wildman–Crippen LogP) is -0.0536. The lowest BCUT2D eigenvalue weighted by atomic mass is 10.3. The molecule has 0 aliphatic carbocycles. The van der Waals surface area contributed by atoms with Crippen LogP contribution in [0.15, 0.2) is 10.8 Å². The van der Waals surface area contributed by atoms with Gasteiger partial charge in [0.15, 0.2) is 6.39 Å². The lowest BCUT2D eigenvalue weighted by Crippen LogP contribution is -2.37. The Morgan fingerprint density at radius 1 is 1.85 bits per heavy atom. The first-order valence-corrected chi connectivity index (χ1v) is 4.03. The van der Waals surface area contributed by atoms with Gasteiger partial charge in [0.2, 0.25) is 5.91 Å². The van der Waals surface area contributed by atoms with Crippen molar-refractivity contribution in [3.63, 3.8) is 0 Å². The second-order valence-electron chi connectivity index (χ2n) is 2.86. The van der Waals surface area contributed by atoms with Gasteiger partial charge in [0.25, 0.3) is 0 Å². The van der Waals surface area contributed by atoms with Crippen LogP contribution < -0.4 is 11.1 Å². The lowest BCUT2D eigenvalue weighted by molar-refractivity contribution is -0.122. The Kier molecular flexibility index (Phi) is 3.02. The predicted molar refractivity (Wildman–Crippen MR) is 46.7 cm³/mol. The fourth-order valence-electron chi connectivity index (χ4n) is 0.830. The van der Waals surface area contributed by atoms with Crippen molar-refractivity contribution in [2.75, 3.05) is 0 Å². The summed E-state index contributed by atoms with van der Waals surface area (Å²) in [6, 6.07) is -0.493. The Balaban J connectivity index is 2.44. The minimum atomic E-state index is -0.493. The summed E-state index contributed by atoms with van der Waals surface area (Å²) in [7, 11) is 0. The van der Waals surface area contributed by atoms with E-state index in [0.29, 0.717) is 12.3 Å². The molecule has 3 N–H and O–H groups in total. The number of aryl methyl sites for hydroxylation is 1. The summed E-state index contributed by atoms with van der Waals surface area (Å²) in [6.07, 6.45) is 1.35. The number of nitrogens with zero attached hydrogens (tertiary/aromatic N) is 1. The molecule has 0 saturated heterocycles. The van der Waals surface area contributed by atoms with Crippen molar-refractivity contribution in [2.24, 2.45) is 5.73 Å². The van der Waals surface area contributed by atoms with Gasteiger partial charge in [-0.05, 0) is 13.8 Å². The van der Waals surface area contributed by atoms with Crippen LogP contribution in [0, 0.1) is 6.92 Å². The van der Waals surface area contributed by atoms with Gasteiger partial charge < -0.3 is 15.5 Å². The molecule has 0 unspecified atom stereocenters. The van der Waals surface area contributed by atoms with E-state index in [1.807, 2.05) is 0 Å². The molecule has 1 amide bonds. The molecule has 0 aliphatic heterocycles. The number of oxazole rings is 1. The molecule has 1 aromatic heterocycles. The molecule has 0 saturated carbocycles. The van der Waals surface area contributed by atoms with Gasteiger partial charge in [0, 0.05) is 0 Å². The van der Waals surface area contributed by atoms with Gasteiger partial charge in [-0.15, -0.1) is 0 Å². The van der Waals surface area contributed by atoms with Crippen molar-refractivity contribution < 1.29 is 9.21 Å². The molecule has 1 atom stereocenters. The molecule has 0 radical (unpaired) electrons. The van der Waals surface area contributed by atoms with Gasteiger partial charge in [-0.2, -0.15) is 0 Å². The van der Waals surface area contributed by atoms with Crippen LogP contribution >= 0.6 is 0 Å². The van der Waals surface area contributed by atoms with Gasteiger partial charge in [0.05, 0.1) is 12.6 Å². The van der Waals surface area contributed by atoms with E-state index < -0.39 is 6.04 Å². The zero-order chi connectivity index (χ0) is 9.84. The van der Waals surface area contributed by atoms with Gasteiger partial charge >= 0.3 is 0 Å². The zero-order valence-corrected chi connectivity index (χ0v) is 7.70. The summed E-state index contributed by atoms with van der Waals surface area (Å²) in [6.45, 7) is 3.79. The fourth-order valence-corrected chi connectivity index (χ4v) is 0.830. The molecule has 13 heavy (non-hydrogen) atoms. The molecule has 0 aromatic carbocycles. The fraction of sp³-hybridized carbons (Fsp3) is 0.500. The molecule has 0 spiro atoms. The first-order chi connectivity index (χ1) is 6.11. The Labute approximate surface area is 76.3 Å². The number of rotatable bonds is 3. The standard InChI is InChI=1S/C8H13N3O2/c1-5(9)8(12)10-3-7-6(2)13-4-11-7/h4-5H,3,9H2,1-2H3,(H,10,12)/t5-/m1/s1. The largest absolute Gasteiger partial charge is 0.448 e. The molecule has 5 nitrogen and oxygen atoms in total. The Hall–Kier alpha value is -1.36. The second-order valence-corrected chi connectivity index (χ2v) is 2.86. The van der Waals surface area contributed by atoms with Crippen molar-refractivity contribution in [2.45, 2.75) is 26.4 Å². The molecular formula is C8H13N3O2. The summed E-state index contributed by atoms with van der Waals surface area (Å²) < 4.78 is 4.96. The molecular weight excluding hydrogens is 170 g/mol. The molecule has 1 heterocycles. The van der Waals surface area contributed by atoms with E-state index in [4.69, 9.17) is 10.2 Å². The average molecular weight is 183 g/mol. The minimum absolute atomic E-state index is 0.192. The van der Waals surface area contributed by atoms with Crippen LogP contribution in [0.1, 0.15) is 18.4 Å². The highest BCUT2D eigenvalue weighted by atomic mass is 16.3. The maximum Gasteiger partial charge on any atom is 0.236 e. The van der Waals surface area contributed by atoms with E-state index in [0.717, 1.165) is 5.69 Å². The third-order valence-corrected chi connectivity index (χ3v) is 1.69. The number of amides is 1. The van der Waals surface area contributed by atoms with Crippen LogP contribution in [0.2, 0.25) is 0 Å². The van der Waals surface area contributed by atoms with Crippen molar-refractivity contribution >= 4 is 5.91 Å². The maximum atomic E-state index is 11.1. The molecule has 1 aromatic rings. The van der Waals surface area contributed by atoms with E-state index in [9.17, 15) is 4.79 Å². The minimum Gasteiger partial charge on any atom is -0.448 e. The Morgan fingerprint density at radius 3 is 3.00 bits per heavy atom. The number of nitrogens with two attached hydrogens (primary N) is 1. The number of carbonyl (C=O) groups is 1. The van der Waals surface area contributed by atoms with Crippen LogP contribution in [0.3, 0.4) is 0 Å². The highest BCUT2D eigenvalue weighted by molar-refractivity contribution is 5.80. The number of aromatic nitrogens is 1. The second kappa shape index (κ2) is 4.04. The van der Waals surface area contributed by atoms with Crippen molar-refractivity contribution in [3.8, 4) is 0 Å². The summed E-state index contributed by atoms with van der Waals surface area (Å²) in [5.41, 5.74) is 6.09. The summed E-state index contributed by atoms with van der Waals surface area (Å²) in [5.74, 6) is 0.521. The highest BCUT2D eigenvalue weighted by Gasteiger charge is 2.08. The number of hydrogen-bond donors (Lipinski definition) is 2. The first-order valence-electron chi connectivity index (χ1n) is 4.03. The van der Waals surface area contributed by atoms with Gasteiger partial charge in [-0.25, -0.2) is 4.98 Å². The van der Waals surface area contributed by atoms with Crippen LogP contribution in [0.5, 0.6) is 0 Å². The van der Waals surface area contributed by atoms with E-state index in [-0.39, 0.29) is 5.91 Å². The van der Waals surface area contributed by atoms with Crippen molar-refractivity contribution in [1.29, 1.82) is 0 Å². The van der Waals surface area contributed by atoms with Gasteiger partial charge in [-0.3, -0.25) is 4.79 Å². The SMILES string of the molecule is Cc1ocnc1CNC(=O)[C@@H](C)N. The van der Waals surface area contributed by atoms with Crippen LogP contribution in [0.4, 0.5) is 0 Å². The topological polar surface area (TPSA) is 81.2 Å². The maximum absolute atomic E-state index is 11.1. The Morgan fingerprint density at radius 2 is 2.54 bits per heavy atom. The van der Waals surface area contributed by atoms with Crippen molar-refractivity contribution in [3.05, 3.63) is 17.8 Å². The van der Waals surface area contributed by atoms with Gasteiger partial charge in [-0.1, -0.05) is 0 Å². The van der Waals surface area contributed by atoms with E-state index in [2.05, 4.69) is 10.3 Å². The molecule has 0 fully saturated rings. The normalized spacial score (nSPS) is 12.5. The smallest absolute Gasteiger partial charge is 0.236 e. The van der Waals surface area contributed by atoms with E-state index in [1.54, 1.807) is 13.8 Å². The number of nitrogens with one attached hydrogen (secondary N) is 1. The molecule has 1 rings (SSSR count). The van der Waals surface area contributed by atoms with E-state index in [1.165, 1.54) is 6.39 Å². The molecule has 72 valence electrons. The Bertz CT molecular complexity index is 293. The zero-order valence-electron chi connectivity index (χ0n) is 7.70. The molecule has 0 aliphatic rings. The number of carbonyl (C=O) groups excluding carboxylic acids is 1. The third-order valence-electron chi connectivity index (χ3n) is 1.69. The third kappa shape index (κ3) is 2.55. The summed E-state index contributed by atoms with van der Waals surface area (Å²) >= 11 is 0. The first kappa shape index (κ1) is 9.73. The quantitative estimate of drug-likeness (QED) is 0.688. The lowest BCUT2D eigenvalue weighted by Gasteiger charge is -2.05. The monoisotopic (exact) mass is 183 g/mol. The van der Waals surface area contributed by atoms with Gasteiger partial charge in [0.1, 0.15) is 11.5 Å². The average Bonchev–Trinajstić information content (AvgIpc) is 2.47. The summed E-state index contributed by atoms with van der Waals surface area (Å²) in [4.78, 5) is 15.0. The van der Waals surface area contributed by atoms with Crippen molar-refractivity contribution in [1.82, 2.24) is 10.3 Å². The van der Waals surface area contributed by atoms with Crippen LogP contribution in [-0.2, 0) is 11.3 Å². The van der Waals surface area contributed by atoms with E-state index >= 15 is 0 Å².